The topological polar surface area (TPSA) is 93.5 Å². The predicted octanol–water partition coefficient (Wildman–Crippen LogP) is -0.00670. The second kappa shape index (κ2) is 5.00. The van der Waals surface area contributed by atoms with Gasteiger partial charge in [0.05, 0.1) is 0 Å². The number of benzene rings is 1. The number of nitrogens with two attached hydrogens (primary N) is 1. The maximum atomic E-state index is 11.0. The summed E-state index contributed by atoms with van der Waals surface area (Å²) in [6.45, 7) is 3.72. The van der Waals surface area contributed by atoms with Crippen molar-refractivity contribution in [3.8, 4) is 5.75 Å². The summed E-state index contributed by atoms with van der Waals surface area (Å²) in [5.74, 6) is 0.277. The minimum absolute atomic E-state index is 0.152. The summed E-state index contributed by atoms with van der Waals surface area (Å²) in [4.78, 5) is 0. The summed E-state index contributed by atoms with van der Waals surface area (Å²) in [5.41, 5.74) is 2.55. The Hall–Kier alpha value is -1.15. The molecule has 2 heterocycles. The number of hydrogen-bond acceptors (Lipinski definition) is 5. The molecular formula is C13H19N3O3S. The highest BCUT2D eigenvalue weighted by Gasteiger charge is 2.37. The molecule has 2 aliphatic heterocycles. The van der Waals surface area contributed by atoms with E-state index in [0.717, 1.165) is 44.6 Å². The monoisotopic (exact) mass is 297 g/mol. The molecular weight excluding hydrogens is 278 g/mol. The molecule has 0 bridgehead atoms. The van der Waals surface area contributed by atoms with E-state index < -0.39 is 10.3 Å². The van der Waals surface area contributed by atoms with Crippen LogP contribution in [-0.2, 0) is 22.3 Å². The Labute approximate surface area is 118 Å². The van der Waals surface area contributed by atoms with Crippen molar-refractivity contribution in [3.63, 3.8) is 0 Å². The van der Waals surface area contributed by atoms with Crippen molar-refractivity contribution in [2.75, 3.05) is 19.6 Å². The lowest BCUT2D eigenvalue weighted by atomic mass is 9.70. The number of fused-ring (bicyclic) bond motifs is 2. The van der Waals surface area contributed by atoms with Crippen LogP contribution < -0.4 is 20.0 Å². The van der Waals surface area contributed by atoms with E-state index in [2.05, 4.69) is 10.6 Å². The third-order valence-electron chi connectivity index (χ3n) is 4.20. The summed E-state index contributed by atoms with van der Waals surface area (Å²) in [6.07, 6.45) is 2.17. The largest absolute Gasteiger partial charge is 0.380 e. The van der Waals surface area contributed by atoms with Gasteiger partial charge in [0.2, 0.25) is 0 Å². The maximum Gasteiger partial charge on any atom is 0.380 e. The zero-order valence-electron chi connectivity index (χ0n) is 11.2. The molecule has 4 N–H and O–H groups in total. The van der Waals surface area contributed by atoms with Gasteiger partial charge in [0.1, 0.15) is 5.75 Å². The fraction of sp³-hybridized carbons (Fsp3) is 0.538. The van der Waals surface area contributed by atoms with E-state index in [4.69, 9.17) is 9.32 Å². The number of rotatable bonds is 2. The lowest BCUT2D eigenvalue weighted by Crippen LogP contribution is -2.49. The molecule has 0 aromatic heterocycles. The van der Waals surface area contributed by atoms with Crippen molar-refractivity contribution in [3.05, 3.63) is 29.3 Å². The van der Waals surface area contributed by atoms with Crippen LogP contribution in [0.5, 0.6) is 5.75 Å². The van der Waals surface area contributed by atoms with Gasteiger partial charge < -0.3 is 14.8 Å². The van der Waals surface area contributed by atoms with Crippen LogP contribution in [0.25, 0.3) is 0 Å². The second-order valence-electron chi connectivity index (χ2n) is 5.53. The van der Waals surface area contributed by atoms with Crippen LogP contribution in [0.3, 0.4) is 0 Å². The third kappa shape index (κ3) is 2.67. The molecule has 0 aliphatic carbocycles. The Morgan fingerprint density at radius 3 is 2.65 bits per heavy atom. The van der Waals surface area contributed by atoms with E-state index in [9.17, 15) is 8.42 Å². The molecule has 1 aromatic rings. The number of nitrogens with one attached hydrogen (secondary N) is 2. The molecule has 20 heavy (non-hydrogen) atoms. The molecule has 1 spiro atoms. The molecule has 0 saturated carbocycles. The maximum absolute atomic E-state index is 11.0. The first-order chi connectivity index (χ1) is 9.49. The minimum atomic E-state index is -3.97. The zero-order valence-corrected chi connectivity index (χ0v) is 12.0. The highest BCUT2D eigenvalue weighted by Crippen LogP contribution is 2.38. The lowest BCUT2D eigenvalue weighted by Gasteiger charge is -2.42. The van der Waals surface area contributed by atoms with Crippen LogP contribution in [0.1, 0.15) is 24.0 Å². The van der Waals surface area contributed by atoms with Crippen LogP contribution in [0.2, 0.25) is 0 Å². The molecule has 0 atom stereocenters. The molecule has 3 rings (SSSR count). The van der Waals surface area contributed by atoms with Crippen molar-refractivity contribution in [1.29, 1.82) is 0 Å². The molecule has 1 aromatic carbocycles. The van der Waals surface area contributed by atoms with Gasteiger partial charge in [0.25, 0.3) is 0 Å². The van der Waals surface area contributed by atoms with Crippen LogP contribution in [-0.4, -0.2) is 28.1 Å². The van der Waals surface area contributed by atoms with Crippen molar-refractivity contribution < 1.29 is 12.6 Å². The molecule has 0 amide bonds. The van der Waals surface area contributed by atoms with Gasteiger partial charge in [-0.3, -0.25) is 0 Å². The Bertz CT molecular complexity index is 609. The van der Waals surface area contributed by atoms with Crippen LogP contribution in [0.15, 0.2) is 18.2 Å². The summed E-state index contributed by atoms with van der Waals surface area (Å²) in [6, 6.07) is 5.45. The van der Waals surface area contributed by atoms with Crippen molar-refractivity contribution in [2.24, 2.45) is 5.14 Å². The Kier molecular flexibility index (Phi) is 3.45. The van der Waals surface area contributed by atoms with Gasteiger partial charge in [0.15, 0.2) is 0 Å². The van der Waals surface area contributed by atoms with Crippen LogP contribution >= 0.6 is 0 Å². The van der Waals surface area contributed by atoms with Gasteiger partial charge in [-0.05, 0) is 49.2 Å². The molecule has 2 aliphatic rings. The van der Waals surface area contributed by atoms with Gasteiger partial charge in [-0.1, -0.05) is 6.07 Å². The van der Waals surface area contributed by atoms with Gasteiger partial charge in [0, 0.05) is 18.5 Å². The first-order valence-electron chi connectivity index (χ1n) is 6.76. The van der Waals surface area contributed by atoms with E-state index in [0.29, 0.717) is 0 Å². The fourth-order valence-corrected chi connectivity index (χ4v) is 3.67. The molecule has 0 unspecified atom stereocenters. The van der Waals surface area contributed by atoms with Gasteiger partial charge in [-0.25, -0.2) is 0 Å². The zero-order chi connectivity index (χ0) is 14.2. The average molecular weight is 297 g/mol. The second-order valence-corrected chi connectivity index (χ2v) is 6.68. The Morgan fingerprint density at radius 2 is 1.95 bits per heavy atom. The molecule has 0 radical (unpaired) electrons. The Balaban J connectivity index is 1.95. The lowest BCUT2D eigenvalue weighted by molar-refractivity contribution is 0.277. The van der Waals surface area contributed by atoms with Crippen molar-refractivity contribution in [2.45, 2.75) is 24.8 Å². The smallest absolute Gasteiger partial charge is 0.371 e. The van der Waals surface area contributed by atoms with Crippen LogP contribution in [0, 0.1) is 0 Å². The van der Waals surface area contributed by atoms with E-state index in [1.165, 1.54) is 5.56 Å². The van der Waals surface area contributed by atoms with E-state index in [1.807, 2.05) is 6.07 Å². The fourth-order valence-electron chi connectivity index (χ4n) is 3.30. The number of hydrogen-bond donors (Lipinski definition) is 3. The molecule has 1 fully saturated rings. The minimum Gasteiger partial charge on any atom is -0.371 e. The first kappa shape index (κ1) is 13.8. The SMILES string of the molecule is NS(=O)(=O)Oc1ccc2c(c1)CNCC21CCNCC1. The van der Waals surface area contributed by atoms with Gasteiger partial charge in [-0.15, -0.1) is 0 Å². The van der Waals surface area contributed by atoms with Crippen molar-refractivity contribution >= 4 is 10.3 Å². The average Bonchev–Trinajstić information content (AvgIpc) is 2.38. The summed E-state index contributed by atoms with van der Waals surface area (Å²) < 4.78 is 26.7. The normalized spacial score (nSPS) is 21.4. The van der Waals surface area contributed by atoms with Crippen LogP contribution in [0.4, 0.5) is 0 Å². The van der Waals surface area contributed by atoms with E-state index >= 15 is 0 Å². The van der Waals surface area contributed by atoms with E-state index in [1.54, 1.807) is 12.1 Å². The quantitative estimate of drug-likeness (QED) is 0.714. The number of piperidine rings is 1. The predicted molar refractivity (Wildman–Crippen MR) is 75.7 cm³/mol. The Morgan fingerprint density at radius 1 is 1.20 bits per heavy atom. The van der Waals surface area contributed by atoms with Gasteiger partial charge in [-0.2, -0.15) is 13.6 Å². The van der Waals surface area contributed by atoms with Crippen molar-refractivity contribution in [1.82, 2.24) is 10.6 Å². The molecule has 7 heteroatoms. The molecule has 1 saturated heterocycles. The van der Waals surface area contributed by atoms with Gasteiger partial charge >= 0.3 is 10.3 Å². The third-order valence-corrected chi connectivity index (χ3v) is 4.62. The van der Waals surface area contributed by atoms with E-state index in [-0.39, 0.29) is 11.2 Å². The summed E-state index contributed by atoms with van der Waals surface area (Å²) in [7, 11) is -3.97. The highest BCUT2D eigenvalue weighted by molar-refractivity contribution is 7.84. The molecule has 110 valence electrons. The summed E-state index contributed by atoms with van der Waals surface area (Å²) in [5, 5.41) is 11.7. The first-order valence-corrected chi connectivity index (χ1v) is 8.23. The summed E-state index contributed by atoms with van der Waals surface area (Å²) >= 11 is 0. The highest BCUT2D eigenvalue weighted by atomic mass is 32.2. The standard InChI is InChI=1S/C13H19N3O3S/c14-20(17,18)19-11-1-2-12-10(7-11)8-16-9-13(12)3-5-15-6-4-13/h1-2,7,15-16H,3-6,8-9H2,(H2,14,17,18). The molecule has 6 nitrogen and oxygen atoms in total.